The minimum absolute atomic E-state index is 0.0760. The summed E-state index contributed by atoms with van der Waals surface area (Å²) in [5.74, 6) is 0.244. The van der Waals surface area contributed by atoms with E-state index in [1.165, 1.54) is 24.3 Å². The fourth-order valence-corrected chi connectivity index (χ4v) is 2.68. The molecule has 0 saturated carbocycles. The van der Waals surface area contributed by atoms with Crippen LogP contribution in [0.1, 0.15) is 17.0 Å². The highest BCUT2D eigenvalue weighted by Gasteiger charge is 2.30. The molecule has 0 saturated heterocycles. The van der Waals surface area contributed by atoms with E-state index in [0.29, 0.717) is 12.1 Å². The van der Waals surface area contributed by atoms with Gasteiger partial charge in [-0.15, -0.1) is 0 Å². The Bertz CT molecular complexity index is 942. The summed E-state index contributed by atoms with van der Waals surface area (Å²) in [6.45, 7) is -2.43. The van der Waals surface area contributed by atoms with Crippen molar-refractivity contribution in [2.75, 3.05) is 7.05 Å². The normalized spacial score (nSPS) is 12.0. The van der Waals surface area contributed by atoms with Gasteiger partial charge in [0.1, 0.15) is 5.75 Å². The Hall–Kier alpha value is -3.01. The average molecular weight is 413 g/mol. The van der Waals surface area contributed by atoms with Crippen molar-refractivity contribution in [2.24, 2.45) is 0 Å². The second-order valence-electron chi connectivity index (χ2n) is 6.25. The van der Waals surface area contributed by atoms with Crippen molar-refractivity contribution in [3.05, 3.63) is 65.5 Å². The molecule has 0 amide bonds. The van der Waals surface area contributed by atoms with Gasteiger partial charge in [-0.25, -0.2) is 0 Å². The maximum Gasteiger partial charge on any atom is 0.416 e. The first-order chi connectivity index (χ1) is 13.7. The number of hydrogen-bond donors (Lipinski definition) is 0. The van der Waals surface area contributed by atoms with E-state index in [0.717, 1.165) is 12.1 Å². The van der Waals surface area contributed by atoms with Crippen LogP contribution < -0.4 is 4.74 Å². The van der Waals surface area contributed by atoms with Crippen LogP contribution in [0.3, 0.4) is 0 Å². The Labute approximate surface area is 162 Å². The van der Waals surface area contributed by atoms with Gasteiger partial charge in [0.05, 0.1) is 17.7 Å². The van der Waals surface area contributed by atoms with Crippen molar-refractivity contribution in [3.63, 3.8) is 0 Å². The smallest absolute Gasteiger partial charge is 0.416 e. The molecule has 0 aliphatic carbocycles. The summed E-state index contributed by atoms with van der Waals surface area (Å²) in [5, 5.41) is 3.79. The molecule has 0 fully saturated rings. The first-order valence-electron chi connectivity index (χ1n) is 8.44. The van der Waals surface area contributed by atoms with Crippen LogP contribution in [0, 0.1) is 0 Å². The second-order valence-corrected chi connectivity index (χ2v) is 6.25. The van der Waals surface area contributed by atoms with Gasteiger partial charge in [-0.1, -0.05) is 29.4 Å². The van der Waals surface area contributed by atoms with Crippen molar-refractivity contribution >= 4 is 0 Å². The first-order valence-corrected chi connectivity index (χ1v) is 8.44. The molecular weight excluding hydrogens is 397 g/mol. The van der Waals surface area contributed by atoms with E-state index in [1.807, 2.05) is 0 Å². The van der Waals surface area contributed by atoms with E-state index in [2.05, 4.69) is 14.9 Å². The average Bonchev–Trinajstić information content (AvgIpc) is 3.09. The quantitative estimate of drug-likeness (QED) is 0.511. The number of benzene rings is 2. The summed E-state index contributed by atoms with van der Waals surface area (Å²) >= 11 is 0. The van der Waals surface area contributed by atoms with Gasteiger partial charge in [0.15, 0.2) is 0 Å². The van der Waals surface area contributed by atoms with Crippen LogP contribution in [-0.4, -0.2) is 28.7 Å². The number of rotatable bonds is 7. The topological polar surface area (TPSA) is 51.4 Å². The highest BCUT2D eigenvalue weighted by molar-refractivity contribution is 5.63. The molecule has 0 atom stereocenters. The lowest BCUT2D eigenvalue weighted by molar-refractivity contribution is -0.137. The van der Waals surface area contributed by atoms with E-state index in [1.54, 1.807) is 24.1 Å². The number of para-hydroxylation sites is 1. The van der Waals surface area contributed by atoms with Gasteiger partial charge in [0.2, 0.25) is 11.7 Å². The number of alkyl halides is 5. The summed E-state index contributed by atoms with van der Waals surface area (Å²) in [4.78, 5) is 5.95. The lowest BCUT2D eigenvalue weighted by Gasteiger charge is -2.15. The fraction of sp³-hybridized carbons (Fsp3) is 0.263. The Balaban J connectivity index is 1.66. The predicted octanol–water partition coefficient (Wildman–Crippen LogP) is 4.99. The van der Waals surface area contributed by atoms with Crippen LogP contribution in [0.4, 0.5) is 22.0 Å². The van der Waals surface area contributed by atoms with E-state index < -0.39 is 18.4 Å². The van der Waals surface area contributed by atoms with Crippen LogP contribution in [0.5, 0.6) is 5.75 Å². The molecule has 154 valence electrons. The molecule has 0 bridgehead atoms. The van der Waals surface area contributed by atoms with E-state index in [9.17, 15) is 22.0 Å². The highest BCUT2D eigenvalue weighted by atomic mass is 19.4. The van der Waals surface area contributed by atoms with E-state index in [-0.39, 0.29) is 29.6 Å². The summed E-state index contributed by atoms with van der Waals surface area (Å²) in [6, 6.07) is 10.9. The van der Waals surface area contributed by atoms with Crippen molar-refractivity contribution in [3.8, 4) is 17.1 Å². The third kappa shape index (κ3) is 5.50. The molecule has 3 rings (SSSR count). The standard InChI is InChI=1S/C19H16F5N3O2/c1-27(10-12-6-8-13(9-7-12)19(22,23)24)11-16-25-17(26-29-16)14-4-2-3-5-15(14)28-18(20)21/h2-9,18H,10-11H2,1H3. The van der Waals surface area contributed by atoms with Gasteiger partial charge < -0.3 is 9.26 Å². The van der Waals surface area contributed by atoms with Crippen LogP contribution in [0.25, 0.3) is 11.4 Å². The minimum atomic E-state index is -4.38. The number of hydrogen-bond acceptors (Lipinski definition) is 5. The van der Waals surface area contributed by atoms with Gasteiger partial charge >= 0.3 is 12.8 Å². The molecule has 0 aliphatic rings. The molecule has 3 aromatic rings. The van der Waals surface area contributed by atoms with Crippen molar-refractivity contribution in [1.29, 1.82) is 0 Å². The molecule has 0 N–H and O–H groups in total. The summed E-state index contributed by atoms with van der Waals surface area (Å²) in [7, 11) is 1.73. The van der Waals surface area contributed by atoms with Crippen molar-refractivity contribution in [1.82, 2.24) is 15.0 Å². The molecule has 0 unspecified atom stereocenters. The number of ether oxygens (including phenoxy) is 1. The van der Waals surface area contributed by atoms with Crippen LogP contribution in [0.15, 0.2) is 53.1 Å². The van der Waals surface area contributed by atoms with E-state index >= 15 is 0 Å². The maximum atomic E-state index is 12.6. The second kappa shape index (κ2) is 8.56. The van der Waals surface area contributed by atoms with Gasteiger partial charge in [-0.2, -0.15) is 26.9 Å². The van der Waals surface area contributed by atoms with Crippen molar-refractivity contribution < 1.29 is 31.2 Å². The molecular formula is C19H16F5N3O2. The maximum absolute atomic E-state index is 12.6. The lowest BCUT2D eigenvalue weighted by Crippen LogP contribution is -2.17. The molecule has 1 aromatic heterocycles. The minimum Gasteiger partial charge on any atom is -0.434 e. The van der Waals surface area contributed by atoms with Crippen molar-refractivity contribution in [2.45, 2.75) is 25.9 Å². The molecule has 0 aliphatic heterocycles. The Kier molecular flexibility index (Phi) is 6.12. The summed E-state index contributed by atoms with van der Waals surface area (Å²) in [5.41, 5.74) is 0.222. The predicted molar refractivity (Wildman–Crippen MR) is 93.0 cm³/mol. The molecule has 10 heteroatoms. The van der Waals surface area contributed by atoms with Crippen LogP contribution in [0.2, 0.25) is 0 Å². The monoisotopic (exact) mass is 413 g/mol. The molecule has 29 heavy (non-hydrogen) atoms. The largest absolute Gasteiger partial charge is 0.434 e. The van der Waals surface area contributed by atoms with Crippen LogP contribution >= 0.6 is 0 Å². The van der Waals surface area contributed by atoms with Gasteiger partial charge in [-0.3, -0.25) is 4.90 Å². The zero-order valence-electron chi connectivity index (χ0n) is 15.2. The Morgan fingerprint density at radius 1 is 1.03 bits per heavy atom. The summed E-state index contributed by atoms with van der Waals surface area (Å²) in [6.07, 6.45) is -4.38. The SMILES string of the molecule is CN(Cc1ccc(C(F)(F)F)cc1)Cc1nc(-c2ccccc2OC(F)F)no1. The van der Waals surface area contributed by atoms with E-state index in [4.69, 9.17) is 4.52 Å². The highest BCUT2D eigenvalue weighted by Crippen LogP contribution is 2.30. The lowest BCUT2D eigenvalue weighted by atomic mass is 10.1. The van der Waals surface area contributed by atoms with Gasteiger partial charge in [-0.05, 0) is 36.9 Å². The fourth-order valence-electron chi connectivity index (χ4n) is 2.68. The Morgan fingerprint density at radius 2 is 1.72 bits per heavy atom. The Morgan fingerprint density at radius 3 is 2.38 bits per heavy atom. The third-order valence-electron chi connectivity index (χ3n) is 3.95. The number of halogens is 5. The zero-order valence-corrected chi connectivity index (χ0v) is 15.2. The third-order valence-corrected chi connectivity index (χ3v) is 3.95. The zero-order chi connectivity index (χ0) is 21.0. The first kappa shape index (κ1) is 20.7. The van der Waals surface area contributed by atoms with Gasteiger partial charge in [0.25, 0.3) is 0 Å². The molecule has 2 aromatic carbocycles. The van der Waals surface area contributed by atoms with Crippen LogP contribution in [-0.2, 0) is 19.3 Å². The molecule has 0 spiro atoms. The van der Waals surface area contributed by atoms with Gasteiger partial charge in [0, 0.05) is 6.54 Å². The molecule has 5 nitrogen and oxygen atoms in total. The molecule has 0 radical (unpaired) electrons. The summed E-state index contributed by atoms with van der Waals surface area (Å²) < 4.78 is 72.5. The molecule has 1 heterocycles. The number of aromatic nitrogens is 2. The number of nitrogens with zero attached hydrogens (tertiary/aromatic N) is 3.